The Balaban J connectivity index is 4.98. The molecule has 0 aromatic heterocycles. The van der Waals surface area contributed by atoms with Gasteiger partial charge in [-0.2, -0.15) is 0 Å². The Labute approximate surface area is 173 Å². The van der Waals surface area contributed by atoms with Gasteiger partial charge in [-0.3, -0.25) is 9.59 Å². The second-order valence-electron chi connectivity index (χ2n) is 10.6. The number of carbonyl (C=O) groups is 2. The third-order valence-electron chi connectivity index (χ3n) is 6.21. The molecule has 0 rings (SSSR count). The van der Waals surface area contributed by atoms with Gasteiger partial charge in [0.1, 0.15) is 0 Å². The normalized spacial score (nSPS) is 13.4. The number of nitrogens with one attached hydrogen (secondary N) is 2. The smallest absolute Gasteiger partial charge is 0.219 e. The van der Waals surface area contributed by atoms with Crippen LogP contribution in [0.2, 0.25) is 0 Å². The first-order chi connectivity index (χ1) is 12.4. The molecule has 0 fully saturated rings. The molecule has 0 heterocycles. The largest absolute Gasteiger partial charge is 0.356 e. The van der Waals surface area contributed by atoms with Gasteiger partial charge in [0.2, 0.25) is 11.8 Å². The van der Waals surface area contributed by atoms with Crippen molar-refractivity contribution in [1.82, 2.24) is 15.5 Å². The van der Waals surface area contributed by atoms with E-state index in [1.54, 1.807) is 6.92 Å². The van der Waals surface area contributed by atoms with E-state index in [2.05, 4.69) is 52.2 Å². The van der Waals surface area contributed by atoms with Crippen molar-refractivity contribution in [2.75, 3.05) is 19.6 Å². The van der Waals surface area contributed by atoms with Crippen molar-refractivity contribution in [2.24, 2.45) is 11.1 Å². The molecule has 6 nitrogen and oxygen atoms in total. The van der Waals surface area contributed by atoms with E-state index in [4.69, 9.17) is 5.73 Å². The van der Waals surface area contributed by atoms with Crippen LogP contribution in [-0.4, -0.2) is 53.0 Å². The van der Waals surface area contributed by atoms with Crippen LogP contribution < -0.4 is 16.4 Å². The molecule has 0 radical (unpaired) electrons. The van der Waals surface area contributed by atoms with Crippen LogP contribution in [0, 0.1) is 5.41 Å². The molecule has 0 saturated heterocycles. The summed E-state index contributed by atoms with van der Waals surface area (Å²) in [5.41, 5.74) is 5.49. The molecule has 0 aliphatic heterocycles. The van der Waals surface area contributed by atoms with Crippen LogP contribution >= 0.6 is 0 Å². The molecule has 0 atom stereocenters. The number of amides is 2. The molecular formula is C22H46N4O2. The van der Waals surface area contributed by atoms with Gasteiger partial charge in [-0.25, -0.2) is 0 Å². The van der Waals surface area contributed by atoms with E-state index in [0.29, 0.717) is 13.1 Å². The zero-order valence-corrected chi connectivity index (χ0v) is 20.1. The molecular weight excluding hydrogens is 352 g/mol. The summed E-state index contributed by atoms with van der Waals surface area (Å²) in [5, 5.41) is 6.49. The average Bonchev–Trinajstić information content (AvgIpc) is 2.43. The van der Waals surface area contributed by atoms with Gasteiger partial charge in [0.05, 0.1) is 0 Å². The van der Waals surface area contributed by atoms with Gasteiger partial charge in [0, 0.05) is 43.6 Å². The van der Waals surface area contributed by atoms with Crippen LogP contribution in [0.5, 0.6) is 0 Å². The van der Waals surface area contributed by atoms with Gasteiger partial charge in [0.25, 0.3) is 0 Å². The third kappa shape index (κ3) is 9.37. The molecule has 6 heteroatoms. The zero-order chi connectivity index (χ0) is 22.4. The summed E-state index contributed by atoms with van der Waals surface area (Å²) in [6.07, 6.45) is 2.50. The minimum absolute atomic E-state index is 0.0207. The topological polar surface area (TPSA) is 87.5 Å². The quantitative estimate of drug-likeness (QED) is 0.471. The molecule has 0 saturated carbocycles. The fourth-order valence-corrected chi connectivity index (χ4v) is 3.21. The second kappa shape index (κ2) is 10.1. The summed E-state index contributed by atoms with van der Waals surface area (Å²) >= 11 is 0. The molecule has 166 valence electrons. The Bertz CT molecular complexity index is 519. The van der Waals surface area contributed by atoms with Crippen LogP contribution in [0.4, 0.5) is 0 Å². The van der Waals surface area contributed by atoms with Gasteiger partial charge < -0.3 is 21.3 Å². The first-order valence-corrected chi connectivity index (χ1v) is 10.5. The lowest BCUT2D eigenvalue weighted by molar-refractivity contribution is -0.135. The SMILES string of the molecule is CC(=O)NCCC(C)(C)N(CCC(C)(C)C(C)(C)NCCC(C)(C)N)C(C)=O. The van der Waals surface area contributed by atoms with Crippen LogP contribution in [-0.2, 0) is 9.59 Å². The first kappa shape index (κ1) is 26.9. The van der Waals surface area contributed by atoms with Crippen molar-refractivity contribution in [1.29, 1.82) is 0 Å². The Hall–Kier alpha value is -1.14. The Morgan fingerprint density at radius 1 is 0.857 bits per heavy atom. The van der Waals surface area contributed by atoms with E-state index in [-0.39, 0.29) is 33.8 Å². The van der Waals surface area contributed by atoms with E-state index in [9.17, 15) is 9.59 Å². The van der Waals surface area contributed by atoms with E-state index < -0.39 is 0 Å². The summed E-state index contributed by atoms with van der Waals surface area (Å²) in [6, 6.07) is 0. The third-order valence-corrected chi connectivity index (χ3v) is 6.21. The van der Waals surface area contributed by atoms with Gasteiger partial charge in [-0.05, 0) is 72.8 Å². The summed E-state index contributed by atoms with van der Waals surface area (Å²) in [5.74, 6) is 0.0269. The summed E-state index contributed by atoms with van der Waals surface area (Å²) in [6.45, 7) is 22.4. The van der Waals surface area contributed by atoms with Crippen molar-refractivity contribution >= 4 is 11.8 Å². The fourth-order valence-electron chi connectivity index (χ4n) is 3.21. The minimum Gasteiger partial charge on any atom is -0.356 e. The summed E-state index contributed by atoms with van der Waals surface area (Å²) in [7, 11) is 0. The Morgan fingerprint density at radius 2 is 1.39 bits per heavy atom. The van der Waals surface area contributed by atoms with E-state index in [1.165, 1.54) is 6.92 Å². The van der Waals surface area contributed by atoms with Crippen molar-refractivity contribution in [3.05, 3.63) is 0 Å². The molecule has 0 aromatic carbocycles. The van der Waals surface area contributed by atoms with Crippen LogP contribution in [0.25, 0.3) is 0 Å². The number of nitrogens with zero attached hydrogens (tertiary/aromatic N) is 1. The lowest BCUT2D eigenvalue weighted by atomic mass is 9.71. The zero-order valence-electron chi connectivity index (χ0n) is 20.1. The highest BCUT2D eigenvalue weighted by atomic mass is 16.2. The second-order valence-corrected chi connectivity index (χ2v) is 10.6. The van der Waals surface area contributed by atoms with Crippen molar-refractivity contribution < 1.29 is 9.59 Å². The van der Waals surface area contributed by atoms with Crippen LogP contribution in [0.3, 0.4) is 0 Å². The summed E-state index contributed by atoms with van der Waals surface area (Å²) in [4.78, 5) is 25.4. The van der Waals surface area contributed by atoms with Gasteiger partial charge in [-0.1, -0.05) is 13.8 Å². The Kier molecular flexibility index (Phi) is 9.65. The monoisotopic (exact) mass is 398 g/mol. The van der Waals surface area contributed by atoms with Gasteiger partial charge >= 0.3 is 0 Å². The van der Waals surface area contributed by atoms with Crippen molar-refractivity contribution in [3.63, 3.8) is 0 Å². The molecule has 0 aliphatic rings. The molecule has 0 unspecified atom stereocenters. The lowest BCUT2D eigenvalue weighted by Crippen LogP contribution is -2.55. The molecule has 0 aromatic rings. The minimum atomic E-state index is -0.314. The highest BCUT2D eigenvalue weighted by Crippen LogP contribution is 2.35. The van der Waals surface area contributed by atoms with Gasteiger partial charge in [0.15, 0.2) is 0 Å². The molecule has 0 aliphatic carbocycles. The molecule has 4 N–H and O–H groups in total. The maximum Gasteiger partial charge on any atom is 0.219 e. The van der Waals surface area contributed by atoms with Crippen LogP contribution in [0.1, 0.15) is 88.5 Å². The van der Waals surface area contributed by atoms with Gasteiger partial charge in [-0.15, -0.1) is 0 Å². The number of hydrogen-bond donors (Lipinski definition) is 3. The predicted octanol–water partition coefficient (Wildman–Crippen LogP) is 3.05. The van der Waals surface area contributed by atoms with Crippen molar-refractivity contribution in [3.8, 4) is 0 Å². The maximum absolute atomic E-state index is 12.3. The first-order valence-electron chi connectivity index (χ1n) is 10.5. The lowest BCUT2D eigenvalue weighted by Gasteiger charge is -2.46. The predicted molar refractivity (Wildman–Crippen MR) is 118 cm³/mol. The molecule has 0 spiro atoms. The molecule has 28 heavy (non-hydrogen) atoms. The highest BCUT2D eigenvalue weighted by molar-refractivity contribution is 5.74. The number of hydrogen-bond acceptors (Lipinski definition) is 4. The average molecular weight is 399 g/mol. The number of carbonyl (C=O) groups excluding carboxylic acids is 2. The standard InChI is InChI=1S/C22H46N4O2/c1-17(27)24-14-12-21(7,8)26(18(2)28)16-13-19(3,4)22(9,10)25-15-11-20(5,6)23/h25H,11-16,23H2,1-10H3,(H,24,27). The molecule has 0 bridgehead atoms. The summed E-state index contributed by atoms with van der Waals surface area (Å²) < 4.78 is 0. The number of rotatable bonds is 12. The highest BCUT2D eigenvalue weighted by Gasteiger charge is 2.38. The maximum atomic E-state index is 12.3. The Morgan fingerprint density at radius 3 is 1.82 bits per heavy atom. The molecule has 2 amide bonds. The fraction of sp³-hybridized carbons (Fsp3) is 0.909. The van der Waals surface area contributed by atoms with Crippen molar-refractivity contribution in [2.45, 2.75) is 105 Å². The van der Waals surface area contributed by atoms with Crippen LogP contribution in [0.15, 0.2) is 0 Å². The van der Waals surface area contributed by atoms with E-state index in [0.717, 1.165) is 25.8 Å². The van der Waals surface area contributed by atoms with E-state index in [1.807, 2.05) is 18.7 Å². The van der Waals surface area contributed by atoms with E-state index >= 15 is 0 Å². The number of nitrogens with two attached hydrogens (primary N) is 1.